The maximum atomic E-state index is 9.52. The third-order valence-corrected chi connectivity index (χ3v) is 4.52. The maximum absolute atomic E-state index is 9.52. The molecule has 1 aromatic carbocycles. The molecule has 0 saturated carbocycles. The van der Waals surface area contributed by atoms with Gasteiger partial charge < -0.3 is 14.5 Å². The summed E-state index contributed by atoms with van der Waals surface area (Å²) in [5, 5.41) is 13.6. The molecular weight excluding hydrogens is 254 g/mol. The summed E-state index contributed by atoms with van der Waals surface area (Å²) in [6.45, 7) is 3.44. The van der Waals surface area contributed by atoms with Crippen LogP contribution in [0.3, 0.4) is 0 Å². The molecule has 0 spiro atoms. The van der Waals surface area contributed by atoms with Crippen molar-refractivity contribution in [1.82, 2.24) is 15.0 Å². The van der Waals surface area contributed by atoms with E-state index in [1.54, 1.807) is 18.2 Å². The van der Waals surface area contributed by atoms with Gasteiger partial charge in [0.25, 0.3) is 0 Å². The van der Waals surface area contributed by atoms with E-state index in [0.29, 0.717) is 17.7 Å². The number of aromatic nitrogens is 2. The van der Waals surface area contributed by atoms with Gasteiger partial charge in [-0.1, -0.05) is 17.3 Å². The second-order valence-electron chi connectivity index (χ2n) is 5.75. The van der Waals surface area contributed by atoms with Crippen molar-refractivity contribution in [2.75, 3.05) is 19.6 Å². The van der Waals surface area contributed by atoms with Crippen molar-refractivity contribution >= 4 is 0 Å². The van der Waals surface area contributed by atoms with Crippen LogP contribution in [0.5, 0.6) is 5.75 Å². The van der Waals surface area contributed by atoms with Crippen LogP contribution in [0.15, 0.2) is 28.8 Å². The van der Waals surface area contributed by atoms with E-state index in [4.69, 9.17) is 4.52 Å². The van der Waals surface area contributed by atoms with Gasteiger partial charge in [0.05, 0.1) is 5.92 Å². The van der Waals surface area contributed by atoms with Gasteiger partial charge in [0.2, 0.25) is 11.7 Å². The lowest BCUT2D eigenvalue weighted by atomic mass is 9.79. The fourth-order valence-electron chi connectivity index (χ4n) is 3.39. The number of rotatable bonds is 2. The van der Waals surface area contributed by atoms with Gasteiger partial charge in [-0.05, 0) is 44.0 Å². The molecule has 1 unspecified atom stereocenters. The molecule has 3 aliphatic heterocycles. The van der Waals surface area contributed by atoms with Crippen LogP contribution in [0, 0.1) is 5.92 Å². The highest BCUT2D eigenvalue weighted by Gasteiger charge is 2.38. The molecule has 2 bridgehead atoms. The first-order chi connectivity index (χ1) is 9.79. The monoisotopic (exact) mass is 271 g/mol. The average molecular weight is 271 g/mol. The minimum atomic E-state index is 0.219. The Balaban J connectivity index is 1.62. The summed E-state index contributed by atoms with van der Waals surface area (Å²) < 4.78 is 5.48. The summed E-state index contributed by atoms with van der Waals surface area (Å²) in [4.78, 5) is 7.02. The third-order valence-electron chi connectivity index (χ3n) is 4.52. The number of piperidine rings is 3. The molecule has 0 radical (unpaired) electrons. The summed E-state index contributed by atoms with van der Waals surface area (Å²) in [5.41, 5.74) is 0.793. The number of fused-ring (bicyclic) bond motifs is 3. The highest BCUT2D eigenvalue weighted by atomic mass is 16.5. The Bertz CT molecular complexity index is 617. The first kappa shape index (κ1) is 11.9. The van der Waals surface area contributed by atoms with Crippen molar-refractivity contribution in [3.05, 3.63) is 30.2 Å². The molecule has 1 aromatic heterocycles. The van der Waals surface area contributed by atoms with E-state index in [9.17, 15) is 5.11 Å². The molecule has 1 N–H and O–H groups in total. The molecule has 20 heavy (non-hydrogen) atoms. The Hall–Kier alpha value is -1.88. The summed E-state index contributed by atoms with van der Waals surface area (Å²) in [5.74, 6) is 2.58. The molecule has 0 aliphatic carbocycles. The highest BCUT2D eigenvalue weighted by Crippen LogP contribution is 2.38. The second-order valence-corrected chi connectivity index (χ2v) is 5.75. The van der Waals surface area contributed by atoms with Crippen molar-refractivity contribution in [3.8, 4) is 17.1 Å². The van der Waals surface area contributed by atoms with Crippen LogP contribution < -0.4 is 0 Å². The van der Waals surface area contributed by atoms with E-state index in [0.717, 1.165) is 18.0 Å². The number of hydrogen-bond acceptors (Lipinski definition) is 5. The first-order valence-corrected chi connectivity index (χ1v) is 7.15. The predicted octanol–water partition coefficient (Wildman–Crippen LogP) is 2.25. The number of nitrogens with zero attached hydrogens (tertiary/aromatic N) is 3. The van der Waals surface area contributed by atoms with Gasteiger partial charge in [0, 0.05) is 12.1 Å². The van der Waals surface area contributed by atoms with Crippen LogP contribution in [0.1, 0.15) is 24.7 Å². The van der Waals surface area contributed by atoms with E-state index in [1.165, 1.54) is 25.9 Å². The summed E-state index contributed by atoms with van der Waals surface area (Å²) in [6.07, 6.45) is 2.46. The lowest BCUT2D eigenvalue weighted by Gasteiger charge is -2.43. The van der Waals surface area contributed by atoms with E-state index < -0.39 is 0 Å². The van der Waals surface area contributed by atoms with Crippen LogP contribution in [-0.4, -0.2) is 39.8 Å². The van der Waals surface area contributed by atoms with Crippen molar-refractivity contribution < 1.29 is 9.63 Å². The van der Waals surface area contributed by atoms with Crippen LogP contribution in [-0.2, 0) is 0 Å². The predicted molar refractivity (Wildman–Crippen MR) is 73.3 cm³/mol. The molecule has 0 amide bonds. The molecule has 5 rings (SSSR count). The molecule has 1 atom stereocenters. The van der Waals surface area contributed by atoms with E-state index in [2.05, 4.69) is 15.0 Å². The average Bonchev–Trinajstić information content (AvgIpc) is 2.98. The van der Waals surface area contributed by atoms with Crippen LogP contribution in [0.4, 0.5) is 0 Å². The quantitative estimate of drug-likeness (QED) is 0.907. The summed E-state index contributed by atoms with van der Waals surface area (Å²) in [7, 11) is 0. The van der Waals surface area contributed by atoms with E-state index in [-0.39, 0.29) is 5.75 Å². The lowest BCUT2D eigenvalue weighted by molar-refractivity contribution is 0.0727. The Morgan fingerprint density at radius 2 is 2.10 bits per heavy atom. The SMILES string of the molecule is Oc1cccc(-c2noc(C3CN4CCC3CC4)n2)c1. The smallest absolute Gasteiger partial charge is 0.231 e. The fraction of sp³-hybridized carbons (Fsp3) is 0.467. The van der Waals surface area contributed by atoms with Crippen molar-refractivity contribution in [2.24, 2.45) is 5.92 Å². The molecule has 3 aliphatic rings. The molecule has 104 valence electrons. The zero-order valence-electron chi connectivity index (χ0n) is 11.2. The molecule has 5 heteroatoms. The van der Waals surface area contributed by atoms with Gasteiger partial charge in [-0.25, -0.2) is 0 Å². The molecule has 4 heterocycles. The highest BCUT2D eigenvalue weighted by molar-refractivity contribution is 5.56. The Kier molecular flexibility index (Phi) is 2.73. The van der Waals surface area contributed by atoms with Gasteiger partial charge in [-0.2, -0.15) is 4.98 Å². The van der Waals surface area contributed by atoms with Crippen LogP contribution >= 0.6 is 0 Å². The topological polar surface area (TPSA) is 62.4 Å². The number of phenols is 1. The van der Waals surface area contributed by atoms with Crippen LogP contribution in [0.2, 0.25) is 0 Å². The van der Waals surface area contributed by atoms with Crippen LogP contribution in [0.25, 0.3) is 11.4 Å². The zero-order chi connectivity index (χ0) is 13.5. The van der Waals surface area contributed by atoms with Crippen molar-refractivity contribution in [2.45, 2.75) is 18.8 Å². The fourth-order valence-corrected chi connectivity index (χ4v) is 3.39. The minimum Gasteiger partial charge on any atom is -0.508 e. The van der Waals surface area contributed by atoms with Gasteiger partial charge >= 0.3 is 0 Å². The van der Waals surface area contributed by atoms with Crippen molar-refractivity contribution in [3.63, 3.8) is 0 Å². The largest absolute Gasteiger partial charge is 0.508 e. The second kappa shape index (κ2) is 4.59. The number of phenolic OH excluding ortho intramolecular Hbond substituents is 1. The maximum Gasteiger partial charge on any atom is 0.231 e. The lowest BCUT2D eigenvalue weighted by Crippen LogP contribution is -2.46. The van der Waals surface area contributed by atoms with E-state index in [1.807, 2.05) is 6.07 Å². The Morgan fingerprint density at radius 1 is 1.25 bits per heavy atom. The van der Waals surface area contributed by atoms with Crippen molar-refractivity contribution in [1.29, 1.82) is 0 Å². The normalized spacial score (nSPS) is 28.7. The Labute approximate surface area is 117 Å². The van der Waals surface area contributed by atoms with Gasteiger partial charge in [-0.3, -0.25) is 0 Å². The number of benzene rings is 1. The molecule has 5 nitrogen and oxygen atoms in total. The van der Waals surface area contributed by atoms with Gasteiger partial charge in [-0.15, -0.1) is 0 Å². The molecule has 3 fully saturated rings. The van der Waals surface area contributed by atoms with Gasteiger partial charge in [0.15, 0.2) is 0 Å². The minimum absolute atomic E-state index is 0.219. The molecular formula is C15H17N3O2. The van der Waals surface area contributed by atoms with E-state index >= 15 is 0 Å². The summed E-state index contributed by atoms with van der Waals surface area (Å²) >= 11 is 0. The Morgan fingerprint density at radius 3 is 2.80 bits per heavy atom. The molecule has 2 aromatic rings. The third kappa shape index (κ3) is 1.98. The standard InChI is InChI=1S/C15H17N3O2/c19-12-3-1-2-11(8-12)14-16-15(20-17-14)13-9-18-6-4-10(13)5-7-18/h1-3,8,10,13,19H,4-7,9H2. The first-order valence-electron chi connectivity index (χ1n) is 7.15. The summed E-state index contributed by atoms with van der Waals surface area (Å²) in [6, 6.07) is 6.96. The number of aromatic hydroxyl groups is 1. The van der Waals surface area contributed by atoms with Gasteiger partial charge in [0.1, 0.15) is 5.75 Å². The zero-order valence-corrected chi connectivity index (χ0v) is 11.2. The number of hydrogen-bond donors (Lipinski definition) is 1. The molecule has 3 saturated heterocycles.